The Hall–Kier alpha value is 0.0200. The maximum absolute atomic E-state index is 12.1. The third kappa shape index (κ3) is 3.64. The van der Waals surface area contributed by atoms with Crippen molar-refractivity contribution in [3.8, 4) is 0 Å². The van der Waals surface area contributed by atoms with Crippen LogP contribution in [0.25, 0.3) is 0 Å². The molecular formula is C5HBrClF7. The summed E-state index contributed by atoms with van der Waals surface area (Å²) >= 11 is 6.02. The zero-order chi connectivity index (χ0) is 11.8. The highest BCUT2D eigenvalue weighted by Crippen LogP contribution is 2.41. The highest BCUT2D eigenvalue weighted by Gasteiger charge is 2.56. The lowest BCUT2D eigenvalue weighted by atomic mass is 10.3. The Morgan fingerprint density at radius 1 is 1.00 bits per heavy atom. The molecule has 0 aliphatic heterocycles. The molecule has 0 aliphatic carbocycles. The number of rotatable bonds is 2. The number of hydrogen-bond donors (Lipinski definition) is 0. The molecule has 0 fully saturated rings. The van der Waals surface area contributed by atoms with Gasteiger partial charge in [-0.05, 0) is 27.5 Å². The molecule has 0 atom stereocenters. The van der Waals surface area contributed by atoms with E-state index in [-0.39, 0.29) is 0 Å². The van der Waals surface area contributed by atoms with Crippen molar-refractivity contribution in [2.75, 3.05) is 0 Å². The molecular weight excluding hydrogens is 308 g/mol. The molecule has 0 aromatic rings. The quantitative estimate of drug-likeness (QED) is 0.527. The molecule has 0 amide bonds. The highest BCUT2D eigenvalue weighted by molar-refractivity contribution is 9.11. The number of allylic oxidation sites excluding steroid dienone is 2. The molecule has 84 valence electrons. The van der Waals surface area contributed by atoms with Gasteiger partial charge in [-0.3, -0.25) is 0 Å². The van der Waals surface area contributed by atoms with Gasteiger partial charge in [0.25, 0.3) is 0 Å². The monoisotopic (exact) mass is 308 g/mol. The summed E-state index contributed by atoms with van der Waals surface area (Å²) in [5.74, 6) is -5.36. The Kier molecular flexibility index (Phi) is 3.89. The smallest absolute Gasteiger partial charge is 0.191 e. The van der Waals surface area contributed by atoms with Crippen molar-refractivity contribution in [2.45, 2.75) is 17.5 Å². The summed E-state index contributed by atoms with van der Waals surface area (Å²) in [5, 5.41) is -4.30. The van der Waals surface area contributed by atoms with Crippen LogP contribution < -0.4 is 0 Å². The van der Waals surface area contributed by atoms with E-state index >= 15 is 0 Å². The fourth-order valence-electron chi connectivity index (χ4n) is 0.323. The number of halogens is 9. The fourth-order valence-corrected chi connectivity index (χ4v) is 0.665. The van der Waals surface area contributed by atoms with Crippen molar-refractivity contribution in [1.82, 2.24) is 0 Å². The van der Waals surface area contributed by atoms with Gasteiger partial charge in [-0.1, -0.05) is 0 Å². The van der Waals surface area contributed by atoms with Crippen LogP contribution in [0.1, 0.15) is 0 Å². The molecule has 0 aromatic carbocycles. The molecule has 0 aromatic heterocycles. The van der Waals surface area contributed by atoms with Crippen LogP contribution in [0.3, 0.4) is 0 Å². The number of alkyl halides is 8. The van der Waals surface area contributed by atoms with Gasteiger partial charge >= 0.3 is 17.5 Å². The van der Waals surface area contributed by atoms with E-state index in [1.807, 2.05) is 15.9 Å². The minimum atomic E-state index is -5.94. The molecule has 14 heavy (non-hydrogen) atoms. The standard InChI is InChI=1S/C5HBrClF7/c6-2(4(7,10)11)1-3(8,9)5(12,13)14/h1H/b2-1+. The first-order valence-corrected chi connectivity index (χ1v) is 3.95. The summed E-state index contributed by atoms with van der Waals surface area (Å²) in [6.07, 6.45) is -6.92. The van der Waals surface area contributed by atoms with Crippen LogP contribution in [0.5, 0.6) is 0 Å². The summed E-state index contributed by atoms with van der Waals surface area (Å²) < 4.78 is 80.8. The third-order valence-electron chi connectivity index (χ3n) is 0.957. The normalized spacial score (nSPS) is 15.9. The Labute approximate surface area is 86.8 Å². The molecule has 0 heterocycles. The second-order valence-corrected chi connectivity index (χ2v) is 3.44. The molecule has 0 radical (unpaired) electrons. The van der Waals surface area contributed by atoms with Gasteiger partial charge in [-0.15, -0.1) is 0 Å². The van der Waals surface area contributed by atoms with Gasteiger partial charge in [-0.2, -0.15) is 30.7 Å². The molecule has 0 bridgehead atoms. The van der Waals surface area contributed by atoms with E-state index in [1.165, 1.54) is 0 Å². The topological polar surface area (TPSA) is 0 Å². The van der Waals surface area contributed by atoms with Crippen molar-refractivity contribution in [2.24, 2.45) is 0 Å². The molecule has 0 rings (SSSR count). The fraction of sp³-hybridized carbons (Fsp3) is 0.600. The molecule has 0 unspecified atom stereocenters. The Bertz CT molecular complexity index is 237. The maximum atomic E-state index is 12.1. The van der Waals surface area contributed by atoms with Gasteiger partial charge in [0.1, 0.15) is 0 Å². The zero-order valence-corrected chi connectivity index (χ0v) is 8.32. The Morgan fingerprint density at radius 3 is 1.57 bits per heavy atom. The summed E-state index contributed by atoms with van der Waals surface area (Å²) in [5.41, 5.74) is 0. The number of hydrogen-bond acceptors (Lipinski definition) is 0. The molecule has 0 aliphatic rings. The first-order chi connectivity index (χ1) is 5.88. The second kappa shape index (κ2) is 3.88. The van der Waals surface area contributed by atoms with E-state index in [0.29, 0.717) is 0 Å². The van der Waals surface area contributed by atoms with E-state index < -0.39 is 28.0 Å². The van der Waals surface area contributed by atoms with Crippen LogP contribution in [0.2, 0.25) is 0 Å². The first kappa shape index (κ1) is 14.0. The molecule has 0 nitrogen and oxygen atoms in total. The SMILES string of the molecule is FC(F)(Cl)/C(Br)=C\C(F)(F)C(F)(F)F. The Morgan fingerprint density at radius 2 is 1.36 bits per heavy atom. The maximum Gasteiger partial charge on any atom is 0.457 e. The summed E-state index contributed by atoms with van der Waals surface area (Å²) in [6.45, 7) is 0. The van der Waals surface area contributed by atoms with Crippen molar-refractivity contribution in [3.05, 3.63) is 10.6 Å². The predicted octanol–water partition coefficient (Wildman–Crippen LogP) is 4.29. The van der Waals surface area contributed by atoms with E-state index in [2.05, 4.69) is 11.6 Å². The van der Waals surface area contributed by atoms with Crippen molar-refractivity contribution >= 4 is 27.5 Å². The van der Waals surface area contributed by atoms with Crippen LogP contribution in [-0.4, -0.2) is 17.5 Å². The molecule has 0 saturated carbocycles. The summed E-state index contributed by atoms with van der Waals surface area (Å²) in [7, 11) is 0. The summed E-state index contributed by atoms with van der Waals surface area (Å²) in [6, 6.07) is 0. The Balaban J connectivity index is 5.00. The lowest BCUT2D eigenvalue weighted by molar-refractivity contribution is -0.259. The van der Waals surface area contributed by atoms with Crippen molar-refractivity contribution in [3.63, 3.8) is 0 Å². The van der Waals surface area contributed by atoms with Gasteiger partial charge in [0.2, 0.25) is 0 Å². The van der Waals surface area contributed by atoms with Gasteiger partial charge in [-0.25, -0.2) is 0 Å². The van der Waals surface area contributed by atoms with Crippen LogP contribution in [0, 0.1) is 0 Å². The molecule has 0 N–H and O–H groups in total. The zero-order valence-electron chi connectivity index (χ0n) is 5.98. The highest BCUT2D eigenvalue weighted by atomic mass is 79.9. The molecule has 0 spiro atoms. The minimum absolute atomic E-state index is 0.986. The van der Waals surface area contributed by atoms with Crippen LogP contribution in [-0.2, 0) is 0 Å². The van der Waals surface area contributed by atoms with Crippen molar-refractivity contribution < 1.29 is 30.7 Å². The second-order valence-electron chi connectivity index (χ2n) is 2.11. The van der Waals surface area contributed by atoms with E-state index in [4.69, 9.17) is 0 Å². The minimum Gasteiger partial charge on any atom is -0.191 e. The lowest BCUT2D eigenvalue weighted by Gasteiger charge is -2.17. The average molecular weight is 309 g/mol. The van der Waals surface area contributed by atoms with Gasteiger partial charge < -0.3 is 0 Å². The van der Waals surface area contributed by atoms with Crippen molar-refractivity contribution in [1.29, 1.82) is 0 Å². The van der Waals surface area contributed by atoms with E-state index in [9.17, 15) is 30.7 Å². The van der Waals surface area contributed by atoms with Crippen LogP contribution in [0.4, 0.5) is 30.7 Å². The van der Waals surface area contributed by atoms with Gasteiger partial charge in [0, 0.05) is 6.08 Å². The third-order valence-corrected chi connectivity index (χ3v) is 2.12. The predicted molar refractivity (Wildman–Crippen MR) is 38.8 cm³/mol. The van der Waals surface area contributed by atoms with E-state index in [0.717, 1.165) is 0 Å². The van der Waals surface area contributed by atoms with Crippen LogP contribution >= 0.6 is 27.5 Å². The average Bonchev–Trinajstić information content (AvgIpc) is 1.80. The van der Waals surface area contributed by atoms with Gasteiger partial charge in [0.15, 0.2) is 0 Å². The lowest BCUT2D eigenvalue weighted by Crippen LogP contribution is -2.35. The van der Waals surface area contributed by atoms with Gasteiger partial charge in [0.05, 0.1) is 4.48 Å². The largest absolute Gasteiger partial charge is 0.457 e. The summed E-state index contributed by atoms with van der Waals surface area (Å²) in [4.78, 5) is 0. The first-order valence-electron chi connectivity index (χ1n) is 2.78. The molecule has 9 heteroatoms. The van der Waals surface area contributed by atoms with E-state index in [1.54, 1.807) is 0 Å². The molecule has 0 saturated heterocycles. The van der Waals surface area contributed by atoms with Crippen LogP contribution in [0.15, 0.2) is 10.6 Å².